The van der Waals surface area contributed by atoms with Gasteiger partial charge in [-0.25, -0.2) is 9.79 Å². The molecule has 2 aromatic carbocycles. The van der Waals surface area contributed by atoms with Crippen molar-refractivity contribution in [2.75, 3.05) is 0 Å². The number of aliphatic imine (C=N–C) groups is 1. The van der Waals surface area contributed by atoms with E-state index < -0.39 is 5.97 Å². The number of fused-ring (bicyclic) bond motifs is 1. The van der Waals surface area contributed by atoms with Crippen molar-refractivity contribution in [3.63, 3.8) is 0 Å². The summed E-state index contributed by atoms with van der Waals surface area (Å²) in [5, 5.41) is 0. The molecule has 0 fully saturated rings. The summed E-state index contributed by atoms with van der Waals surface area (Å²) in [6.45, 7) is 1.35. The molecule has 0 aliphatic carbocycles. The van der Waals surface area contributed by atoms with E-state index in [9.17, 15) is 9.59 Å². The zero-order chi connectivity index (χ0) is 16.2. The van der Waals surface area contributed by atoms with Crippen molar-refractivity contribution >= 4 is 23.3 Å². The van der Waals surface area contributed by atoms with Crippen molar-refractivity contribution in [3.8, 4) is 11.5 Å². The van der Waals surface area contributed by atoms with Crippen LogP contribution in [0.15, 0.2) is 65.7 Å². The zero-order valence-corrected chi connectivity index (χ0v) is 12.4. The fourth-order valence-electron chi connectivity index (χ4n) is 2.11. The summed E-state index contributed by atoms with van der Waals surface area (Å²) < 4.78 is 10.2. The van der Waals surface area contributed by atoms with E-state index in [1.54, 1.807) is 48.5 Å². The first kappa shape index (κ1) is 14.7. The van der Waals surface area contributed by atoms with Gasteiger partial charge in [-0.15, -0.1) is 0 Å². The quantitative estimate of drug-likeness (QED) is 0.631. The maximum atomic E-state index is 11.7. The molecular formula is C18H13NO4. The molecule has 1 heterocycles. The topological polar surface area (TPSA) is 65.0 Å². The third-order valence-corrected chi connectivity index (χ3v) is 3.11. The summed E-state index contributed by atoms with van der Waals surface area (Å²) in [5.74, 6) is 0.0337. The van der Waals surface area contributed by atoms with Crippen LogP contribution in [-0.2, 0) is 9.59 Å². The van der Waals surface area contributed by atoms with Crippen molar-refractivity contribution in [2.45, 2.75) is 6.92 Å². The number of para-hydroxylation sites is 2. The molecule has 1 aliphatic heterocycles. The maximum absolute atomic E-state index is 11.7. The Morgan fingerprint density at radius 3 is 2.52 bits per heavy atom. The molecule has 0 unspecified atom stereocenters. The number of carbonyl (C=O) groups excluding carboxylic acids is 2. The number of allylic oxidation sites excluding steroid dienone is 1. The number of hydrogen-bond acceptors (Lipinski definition) is 5. The van der Waals surface area contributed by atoms with E-state index in [-0.39, 0.29) is 5.97 Å². The Bertz CT molecular complexity index is 819. The second-order valence-electron chi connectivity index (χ2n) is 4.84. The monoisotopic (exact) mass is 307 g/mol. The van der Waals surface area contributed by atoms with Gasteiger partial charge in [0.1, 0.15) is 11.4 Å². The zero-order valence-electron chi connectivity index (χ0n) is 12.4. The van der Waals surface area contributed by atoms with Gasteiger partial charge < -0.3 is 9.47 Å². The summed E-state index contributed by atoms with van der Waals surface area (Å²) in [6.07, 6.45) is 2.92. The van der Waals surface area contributed by atoms with Crippen LogP contribution in [0.3, 0.4) is 0 Å². The number of esters is 2. The van der Waals surface area contributed by atoms with Gasteiger partial charge >= 0.3 is 11.9 Å². The first-order valence-corrected chi connectivity index (χ1v) is 6.98. The van der Waals surface area contributed by atoms with Crippen LogP contribution in [0.2, 0.25) is 0 Å². The van der Waals surface area contributed by atoms with Crippen molar-refractivity contribution < 1.29 is 19.1 Å². The van der Waals surface area contributed by atoms with Gasteiger partial charge in [-0.3, -0.25) is 4.79 Å². The highest BCUT2D eigenvalue weighted by molar-refractivity contribution is 6.12. The summed E-state index contributed by atoms with van der Waals surface area (Å²) in [6, 6.07) is 14.0. The molecule has 0 saturated heterocycles. The fraction of sp³-hybridized carbons (Fsp3) is 0.0556. The standard InChI is InChI=1S/C18H13NO4/c1-12(20)22-14-8-6-13(7-9-14)15-10-11-18(21)23-17-5-3-2-4-16(17)19-15/h2-11H,1H3/b11-10-,19-15?. The van der Waals surface area contributed by atoms with Crippen LogP contribution in [0, 0.1) is 0 Å². The third-order valence-electron chi connectivity index (χ3n) is 3.11. The number of ether oxygens (including phenoxy) is 2. The van der Waals surface area contributed by atoms with E-state index in [0.717, 1.165) is 5.56 Å². The van der Waals surface area contributed by atoms with Gasteiger partial charge in [0.15, 0.2) is 5.75 Å². The van der Waals surface area contributed by atoms with Crippen molar-refractivity contribution in [3.05, 3.63) is 66.2 Å². The van der Waals surface area contributed by atoms with E-state index in [2.05, 4.69) is 4.99 Å². The summed E-state index contributed by atoms with van der Waals surface area (Å²) in [5.41, 5.74) is 1.98. The fourth-order valence-corrected chi connectivity index (χ4v) is 2.11. The molecule has 0 radical (unpaired) electrons. The molecule has 0 spiro atoms. The van der Waals surface area contributed by atoms with Crippen LogP contribution in [-0.4, -0.2) is 17.7 Å². The molecule has 1 aliphatic rings. The molecule has 0 bridgehead atoms. The van der Waals surface area contributed by atoms with E-state index in [1.165, 1.54) is 13.0 Å². The second kappa shape index (κ2) is 6.27. The Labute approximate surface area is 132 Å². The lowest BCUT2D eigenvalue weighted by atomic mass is 10.1. The molecule has 0 aromatic heterocycles. The Morgan fingerprint density at radius 1 is 1.04 bits per heavy atom. The Balaban J connectivity index is 1.99. The highest BCUT2D eigenvalue weighted by Crippen LogP contribution is 2.29. The van der Waals surface area contributed by atoms with Gasteiger partial charge in [-0.1, -0.05) is 12.1 Å². The predicted molar refractivity (Wildman–Crippen MR) is 85.2 cm³/mol. The number of nitrogens with zero attached hydrogens (tertiary/aromatic N) is 1. The largest absolute Gasteiger partial charge is 0.427 e. The molecule has 23 heavy (non-hydrogen) atoms. The van der Waals surface area contributed by atoms with Crippen molar-refractivity contribution in [1.82, 2.24) is 0 Å². The van der Waals surface area contributed by atoms with Crippen LogP contribution in [0.5, 0.6) is 11.5 Å². The van der Waals surface area contributed by atoms with Crippen molar-refractivity contribution in [1.29, 1.82) is 0 Å². The highest BCUT2D eigenvalue weighted by Gasteiger charge is 2.12. The molecule has 0 atom stereocenters. The number of rotatable bonds is 2. The molecule has 0 N–H and O–H groups in total. The number of carbonyl (C=O) groups is 2. The van der Waals surface area contributed by atoms with Crippen LogP contribution < -0.4 is 9.47 Å². The summed E-state index contributed by atoms with van der Waals surface area (Å²) in [7, 11) is 0. The molecule has 5 nitrogen and oxygen atoms in total. The average molecular weight is 307 g/mol. The number of hydrogen-bond donors (Lipinski definition) is 0. The lowest BCUT2D eigenvalue weighted by molar-refractivity contribution is -0.132. The van der Waals surface area contributed by atoms with Crippen LogP contribution in [0.25, 0.3) is 0 Å². The van der Waals surface area contributed by atoms with Crippen LogP contribution in [0.1, 0.15) is 12.5 Å². The Hall–Kier alpha value is -3.21. The Morgan fingerprint density at radius 2 is 1.78 bits per heavy atom. The lowest BCUT2D eigenvalue weighted by Crippen LogP contribution is -2.08. The van der Waals surface area contributed by atoms with E-state index >= 15 is 0 Å². The van der Waals surface area contributed by atoms with Crippen LogP contribution in [0.4, 0.5) is 5.69 Å². The van der Waals surface area contributed by atoms with Gasteiger partial charge in [0, 0.05) is 18.6 Å². The Kier molecular flexibility index (Phi) is 4.01. The second-order valence-corrected chi connectivity index (χ2v) is 4.84. The van der Waals surface area contributed by atoms with Gasteiger partial charge in [0.25, 0.3) is 0 Å². The third kappa shape index (κ3) is 3.52. The molecule has 114 valence electrons. The first-order chi connectivity index (χ1) is 11.1. The normalized spacial score (nSPS) is 14.7. The minimum Gasteiger partial charge on any atom is -0.427 e. The molecule has 0 amide bonds. The minimum atomic E-state index is -0.457. The van der Waals surface area contributed by atoms with Gasteiger partial charge in [0.05, 0.1) is 5.71 Å². The van der Waals surface area contributed by atoms with Crippen LogP contribution >= 0.6 is 0 Å². The van der Waals surface area contributed by atoms with Gasteiger partial charge in [0.2, 0.25) is 0 Å². The molecule has 2 aromatic rings. The lowest BCUT2D eigenvalue weighted by Gasteiger charge is -2.10. The molecular weight excluding hydrogens is 294 g/mol. The summed E-state index contributed by atoms with van der Waals surface area (Å²) >= 11 is 0. The predicted octanol–water partition coefficient (Wildman–Crippen LogP) is 3.21. The highest BCUT2D eigenvalue weighted by atomic mass is 16.5. The molecule has 0 saturated carbocycles. The number of benzene rings is 2. The first-order valence-electron chi connectivity index (χ1n) is 6.98. The minimum absolute atomic E-state index is 0.377. The van der Waals surface area contributed by atoms with Crippen molar-refractivity contribution in [2.24, 2.45) is 4.99 Å². The SMILES string of the molecule is CC(=O)Oc1ccc(C2=Nc3ccccc3OC(=O)/C=C\2)cc1. The van der Waals surface area contributed by atoms with E-state index in [0.29, 0.717) is 22.9 Å². The van der Waals surface area contributed by atoms with E-state index in [1.807, 2.05) is 6.07 Å². The summed E-state index contributed by atoms with van der Waals surface area (Å²) in [4.78, 5) is 27.2. The maximum Gasteiger partial charge on any atom is 0.336 e. The van der Waals surface area contributed by atoms with Gasteiger partial charge in [-0.2, -0.15) is 0 Å². The van der Waals surface area contributed by atoms with E-state index in [4.69, 9.17) is 9.47 Å². The smallest absolute Gasteiger partial charge is 0.336 e. The molecule has 3 rings (SSSR count). The molecule has 5 heteroatoms. The van der Waals surface area contributed by atoms with Gasteiger partial charge in [-0.05, 0) is 42.5 Å². The average Bonchev–Trinajstić information content (AvgIpc) is 2.51.